The van der Waals surface area contributed by atoms with E-state index < -0.39 is 0 Å². The number of aryl methyl sites for hydroxylation is 1. The summed E-state index contributed by atoms with van der Waals surface area (Å²) in [6.45, 7) is 2.22. The molecule has 0 saturated heterocycles. The zero-order valence-corrected chi connectivity index (χ0v) is 9.31. The van der Waals surface area contributed by atoms with E-state index in [1.165, 1.54) is 24.8 Å². The Labute approximate surface area is 90.9 Å². The monoisotopic (exact) mass is 205 g/mol. The third-order valence-corrected chi connectivity index (χ3v) is 2.27. The fourth-order valence-corrected chi connectivity index (χ4v) is 1.47. The van der Waals surface area contributed by atoms with Crippen molar-refractivity contribution in [3.8, 4) is 0 Å². The molecule has 0 heterocycles. The highest BCUT2D eigenvalue weighted by molar-refractivity contribution is 7.78. The molecule has 0 unspecified atom stereocenters. The number of isothiocyanates is 1. The summed E-state index contributed by atoms with van der Waals surface area (Å²) in [6, 6.07) is 8.20. The average molecular weight is 205 g/mol. The molecule has 1 rings (SSSR count). The molecular weight excluding hydrogens is 190 g/mol. The summed E-state index contributed by atoms with van der Waals surface area (Å²) in [7, 11) is 0. The molecule has 1 nitrogen and oxygen atoms in total. The molecule has 0 amide bonds. The van der Waals surface area contributed by atoms with E-state index in [0.29, 0.717) is 0 Å². The van der Waals surface area contributed by atoms with Gasteiger partial charge in [0.1, 0.15) is 0 Å². The standard InChI is InChI=1S/C12H15NS/c1-2-3-4-5-11-6-8-12(9-7-11)13-10-14/h6-9H,2-5H2,1H3. The second kappa shape index (κ2) is 6.47. The van der Waals surface area contributed by atoms with Crippen LogP contribution in [0.5, 0.6) is 0 Å². The van der Waals surface area contributed by atoms with Crippen LogP contribution in [0.25, 0.3) is 0 Å². The van der Waals surface area contributed by atoms with Crippen LogP contribution in [0.1, 0.15) is 31.7 Å². The number of thiocarbonyl (C=S) groups is 1. The zero-order valence-electron chi connectivity index (χ0n) is 8.49. The van der Waals surface area contributed by atoms with E-state index >= 15 is 0 Å². The van der Waals surface area contributed by atoms with Gasteiger partial charge in [0.15, 0.2) is 0 Å². The molecule has 0 radical (unpaired) electrons. The first-order valence-electron chi connectivity index (χ1n) is 5.03. The van der Waals surface area contributed by atoms with Crippen molar-refractivity contribution >= 4 is 23.1 Å². The summed E-state index contributed by atoms with van der Waals surface area (Å²) >= 11 is 4.54. The fourth-order valence-electron chi connectivity index (χ4n) is 1.37. The van der Waals surface area contributed by atoms with E-state index in [2.05, 4.69) is 41.4 Å². The molecule has 0 atom stereocenters. The number of unbranched alkanes of at least 4 members (excludes halogenated alkanes) is 2. The van der Waals surface area contributed by atoms with Crippen LogP contribution in [0.15, 0.2) is 29.3 Å². The summed E-state index contributed by atoms with van der Waals surface area (Å²) in [6.07, 6.45) is 5.01. The highest BCUT2D eigenvalue weighted by Gasteiger charge is 1.93. The van der Waals surface area contributed by atoms with Gasteiger partial charge in [-0.05, 0) is 42.8 Å². The van der Waals surface area contributed by atoms with E-state index in [0.717, 1.165) is 12.1 Å². The van der Waals surface area contributed by atoms with Gasteiger partial charge in [0.25, 0.3) is 0 Å². The topological polar surface area (TPSA) is 12.4 Å². The lowest BCUT2D eigenvalue weighted by Gasteiger charge is -2.00. The van der Waals surface area contributed by atoms with Gasteiger partial charge >= 0.3 is 0 Å². The second-order valence-electron chi connectivity index (χ2n) is 3.33. The molecule has 0 aliphatic rings. The minimum Gasteiger partial charge on any atom is -0.195 e. The van der Waals surface area contributed by atoms with Crippen molar-refractivity contribution < 1.29 is 0 Å². The van der Waals surface area contributed by atoms with Gasteiger partial charge in [0, 0.05) is 0 Å². The first kappa shape index (κ1) is 11.1. The van der Waals surface area contributed by atoms with Crippen molar-refractivity contribution in [2.24, 2.45) is 4.99 Å². The third-order valence-electron chi connectivity index (χ3n) is 2.18. The maximum atomic E-state index is 4.54. The van der Waals surface area contributed by atoms with Crippen molar-refractivity contribution in [1.29, 1.82) is 0 Å². The van der Waals surface area contributed by atoms with Gasteiger partial charge in [0.2, 0.25) is 0 Å². The quantitative estimate of drug-likeness (QED) is 0.399. The average Bonchev–Trinajstić information content (AvgIpc) is 2.21. The van der Waals surface area contributed by atoms with E-state index in [9.17, 15) is 0 Å². The van der Waals surface area contributed by atoms with Crippen molar-refractivity contribution in [2.75, 3.05) is 0 Å². The minimum absolute atomic E-state index is 0.888. The Bertz CT molecular complexity index is 310. The van der Waals surface area contributed by atoms with Crippen LogP contribution < -0.4 is 0 Å². The molecule has 0 aromatic heterocycles. The summed E-state index contributed by atoms with van der Waals surface area (Å²) in [5.41, 5.74) is 2.26. The number of hydrogen-bond donors (Lipinski definition) is 0. The highest BCUT2D eigenvalue weighted by Crippen LogP contribution is 2.14. The molecule has 0 fully saturated rings. The van der Waals surface area contributed by atoms with Crippen molar-refractivity contribution in [3.63, 3.8) is 0 Å². The van der Waals surface area contributed by atoms with Crippen LogP contribution in [0.4, 0.5) is 5.69 Å². The Balaban J connectivity index is 2.50. The van der Waals surface area contributed by atoms with Crippen LogP contribution in [-0.2, 0) is 6.42 Å². The third kappa shape index (κ3) is 3.82. The number of hydrogen-bond acceptors (Lipinski definition) is 2. The van der Waals surface area contributed by atoms with Crippen LogP contribution in [-0.4, -0.2) is 5.16 Å². The fraction of sp³-hybridized carbons (Fsp3) is 0.417. The molecule has 0 aliphatic carbocycles. The van der Waals surface area contributed by atoms with E-state index in [1.807, 2.05) is 12.1 Å². The Hall–Kier alpha value is -0.980. The molecule has 2 heteroatoms. The summed E-state index contributed by atoms with van der Waals surface area (Å²) < 4.78 is 0. The molecule has 0 bridgehead atoms. The number of nitrogens with zero attached hydrogens (tertiary/aromatic N) is 1. The van der Waals surface area contributed by atoms with Gasteiger partial charge in [0.05, 0.1) is 10.8 Å². The van der Waals surface area contributed by atoms with Gasteiger partial charge < -0.3 is 0 Å². The summed E-state index contributed by atoms with van der Waals surface area (Å²) in [5.74, 6) is 0. The normalized spacial score (nSPS) is 9.50. The minimum atomic E-state index is 0.888. The molecule has 0 saturated carbocycles. The SMILES string of the molecule is CCCCCc1ccc(N=C=S)cc1. The Morgan fingerprint density at radius 3 is 2.50 bits per heavy atom. The lowest BCUT2D eigenvalue weighted by molar-refractivity contribution is 0.717. The predicted octanol–water partition coefficient (Wildman–Crippen LogP) is 4.15. The van der Waals surface area contributed by atoms with E-state index in [1.54, 1.807) is 0 Å². The van der Waals surface area contributed by atoms with Gasteiger partial charge in [-0.15, -0.1) is 0 Å². The molecule has 0 aliphatic heterocycles. The van der Waals surface area contributed by atoms with Crippen LogP contribution in [0.2, 0.25) is 0 Å². The maximum Gasteiger partial charge on any atom is 0.0739 e. The molecule has 14 heavy (non-hydrogen) atoms. The molecule has 0 N–H and O–H groups in total. The lowest BCUT2D eigenvalue weighted by Crippen LogP contribution is -1.83. The number of aliphatic imine (C=N–C) groups is 1. The lowest BCUT2D eigenvalue weighted by atomic mass is 10.1. The molecule has 74 valence electrons. The van der Waals surface area contributed by atoms with Crippen molar-refractivity contribution in [3.05, 3.63) is 29.8 Å². The van der Waals surface area contributed by atoms with Crippen LogP contribution in [0.3, 0.4) is 0 Å². The van der Waals surface area contributed by atoms with Crippen LogP contribution >= 0.6 is 12.2 Å². The van der Waals surface area contributed by atoms with Crippen LogP contribution in [0, 0.1) is 0 Å². The Morgan fingerprint density at radius 2 is 1.93 bits per heavy atom. The zero-order chi connectivity index (χ0) is 10.2. The first-order valence-corrected chi connectivity index (χ1v) is 5.44. The Morgan fingerprint density at radius 1 is 1.21 bits per heavy atom. The van der Waals surface area contributed by atoms with Gasteiger partial charge in [-0.3, -0.25) is 0 Å². The number of rotatable bonds is 5. The summed E-state index contributed by atoms with van der Waals surface area (Å²) in [4.78, 5) is 3.91. The first-order chi connectivity index (χ1) is 6.86. The largest absolute Gasteiger partial charge is 0.195 e. The summed E-state index contributed by atoms with van der Waals surface area (Å²) in [5, 5.41) is 2.36. The van der Waals surface area contributed by atoms with Crippen molar-refractivity contribution in [2.45, 2.75) is 32.6 Å². The molecule has 0 spiro atoms. The second-order valence-corrected chi connectivity index (χ2v) is 3.51. The van der Waals surface area contributed by atoms with Gasteiger partial charge in [-0.2, -0.15) is 4.99 Å². The molecule has 1 aromatic carbocycles. The maximum absolute atomic E-state index is 4.54. The van der Waals surface area contributed by atoms with Gasteiger partial charge in [-0.25, -0.2) is 0 Å². The van der Waals surface area contributed by atoms with Gasteiger partial charge in [-0.1, -0.05) is 31.9 Å². The van der Waals surface area contributed by atoms with E-state index in [4.69, 9.17) is 0 Å². The Kier molecular flexibility index (Phi) is 5.13. The van der Waals surface area contributed by atoms with Crippen molar-refractivity contribution in [1.82, 2.24) is 0 Å². The smallest absolute Gasteiger partial charge is 0.0739 e. The number of benzene rings is 1. The molecule has 1 aromatic rings. The van der Waals surface area contributed by atoms with E-state index in [-0.39, 0.29) is 0 Å². The predicted molar refractivity (Wildman–Crippen MR) is 64.4 cm³/mol. The highest BCUT2D eigenvalue weighted by atomic mass is 32.1. The molecular formula is C12H15NS.